The number of aryl methyl sites for hydroxylation is 1. The van der Waals surface area contributed by atoms with E-state index in [1.807, 2.05) is 30.3 Å². The Balaban J connectivity index is 1.64. The highest BCUT2D eigenvalue weighted by atomic mass is 32.2. The molecule has 1 aliphatic carbocycles. The summed E-state index contributed by atoms with van der Waals surface area (Å²) in [6, 6.07) is 9.53. The molecule has 1 aliphatic heterocycles. The number of nitrogens with one attached hydrogen (secondary N) is 1. The highest BCUT2D eigenvalue weighted by molar-refractivity contribution is 7.89. The molecule has 0 bridgehead atoms. The molecule has 1 saturated heterocycles. The molecule has 2 aliphatic rings. The second kappa shape index (κ2) is 6.09. The number of sulfonamides is 1. The number of hydrogen-bond donors (Lipinski definition) is 1. The quantitative estimate of drug-likeness (QED) is 0.798. The second-order valence-electron chi connectivity index (χ2n) is 6.47. The number of benzene rings is 1. The standard InChI is InChI=1S/C17H22N2O3S/c1-2-16(20)18-15-12-19(13-17(15)9-10-17)23(21,22)11-8-14-6-4-3-5-7-14/h2-7,15H,1,8-13H2,(H,18,20). The lowest BCUT2D eigenvalue weighted by molar-refractivity contribution is -0.117. The number of hydrogen-bond acceptors (Lipinski definition) is 3. The Morgan fingerprint density at radius 2 is 2.04 bits per heavy atom. The third kappa shape index (κ3) is 3.48. The van der Waals surface area contributed by atoms with Crippen molar-refractivity contribution in [3.05, 3.63) is 48.6 Å². The first-order chi connectivity index (χ1) is 11.0. The average Bonchev–Trinajstić information content (AvgIpc) is 3.23. The Morgan fingerprint density at radius 1 is 1.35 bits per heavy atom. The van der Waals surface area contributed by atoms with E-state index in [9.17, 15) is 13.2 Å². The Bertz CT molecular complexity index is 696. The predicted octanol–water partition coefficient (Wildman–Crippen LogP) is 1.33. The predicted molar refractivity (Wildman–Crippen MR) is 89.3 cm³/mol. The van der Waals surface area contributed by atoms with Gasteiger partial charge in [0.05, 0.1) is 5.75 Å². The molecule has 0 radical (unpaired) electrons. The Hall–Kier alpha value is -1.66. The number of nitrogens with zero attached hydrogens (tertiary/aromatic N) is 1. The van der Waals surface area contributed by atoms with E-state index in [1.165, 1.54) is 6.08 Å². The molecule has 124 valence electrons. The summed E-state index contributed by atoms with van der Waals surface area (Å²) in [5.74, 6) is -0.125. The summed E-state index contributed by atoms with van der Waals surface area (Å²) < 4.78 is 26.8. The minimum absolute atomic E-state index is 0.0571. The molecular weight excluding hydrogens is 312 g/mol. The summed E-state index contributed by atoms with van der Waals surface area (Å²) in [6.07, 6.45) is 3.69. The SMILES string of the molecule is C=CC(=O)NC1CN(S(=O)(=O)CCc2ccccc2)CC12CC2. The molecule has 1 aromatic rings. The molecule has 2 fully saturated rings. The van der Waals surface area contributed by atoms with Crippen molar-refractivity contribution in [3.63, 3.8) is 0 Å². The van der Waals surface area contributed by atoms with E-state index in [2.05, 4.69) is 11.9 Å². The Morgan fingerprint density at radius 3 is 2.65 bits per heavy atom. The molecule has 1 atom stereocenters. The van der Waals surface area contributed by atoms with Crippen molar-refractivity contribution >= 4 is 15.9 Å². The normalized spacial score (nSPS) is 22.9. The van der Waals surface area contributed by atoms with Crippen LogP contribution in [0.1, 0.15) is 18.4 Å². The lowest BCUT2D eigenvalue weighted by Crippen LogP contribution is -2.41. The summed E-state index contributed by atoms with van der Waals surface area (Å²) in [4.78, 5) is 11.6. The molecule has 1 heterocycles. The highest BCUT2D eigenvalue weighted by Gasteiger charge is 2.57. The smallest absolute Gasteiger partial charge is 0.243 e. The van der Waals surface area contributed by atoms with E-state index in [0.717, 1.165) is 18.4 Å². The first kappa shape index (κ1) is 16.2. The van der Waals surface area contributed by atoms with Crippen LogP contribution in [0.15, 0.2) is 43.0 Å². The van der Waals surface area contributed by atoms with Gasteiger partial charge < -0.3 is 5.32 Å². The maximum atomic E-state index is 12.6. The van der Waals surface area contributed by atoms with Gasteiger partial charge in [-0.25, -0.2) is 8.42 Å². The fourth-order valence-corrected chi connectivity index (χ4v) is 4.83. The van der Waals surface area contributed by atoms with Gasteiger partial charge >= 0.3 is 0 Å². The molecule has 6 heteroatoms. The third-order valence-corrected chi connectivity index (χ3v) is 6.68. The lowest BCUT2D eigenvalue weighted by Gasteiger charge is -2.17. The fraction of sp³-hybridized carbons (Fsp3) is 0.471. The molecule has 1 amide bonds. The molecule has 1 aromatic carbocycles. The summed E-state index contributed by atoms with van der Waals surface area (Å²) in [5.41, 5.74) is 0.964. The van der Waals surface area contributed by atoms with Gasteiger partial charge in [-0.15, -0.1) is 0 Å². The summed E-state index contributed by atoms with van der Waals surface area (Å²) in [7, 11) is -3.31. The van der Waals surface area contributed by atoms with E-state index in [0.29, 0.717) is 19.5 Å². The van der Waals surface area contributed by atoms with Gasteiger partial charge in [0.1, 0.15) is 0 Å². The van der Waals surface area contributed by atoms with Gasteiger partial charge in [0.2, 0.25) is 15.9 Å². The fourth-order valence-electron chi connectivity index (χ4n) is 3.25. The van der Waals surface area contributed by atoms with Gasteiger partial charge in [-0.3, -0.25) is 4.79 Å². The van der Waals surface area contributed by atoms with Crippen molar-refractivity contribution in [2.24, 2.45) is 5.41 Å². The topological polar surface area (TPSA) is 66.5 Å². The van der Waals surface area contributed by atoms with Crippen LogP contribution in [0.2, 0.25) is 0 Å². The molecule has 1 spiro atoms. The van der Waals surface area contributed by atoms with Crippen molar-refractivity contribution < 1.29 is 13.2 Å². The minimum Gasteiger partial charge on any atom is -0.348 e. The molecule has 1 saturated carbocycles. The van der Waals surface area contributed by atoms with Crippen molar-refractivity contribution in [3.8, 4) is 0 Å². The average molecular weight is 334 g/mol. The zero-order chi connectivity index (χ0) is 16.5. The Kier molecular flexibility index (Phi) is 4.29. The van der Waals surface area contributed by atoms with Gasteiger partial charge in [0.25, 0.3) is 0 Å². The maximum Gasteiger partial charge on any atom is 0.243 e. The molecule has 1 unspecified atom stereocenters. The van der Waals surface area contributed by atoms with Gasteiger partial charge in [0, 0.05) is 24.5 Å². The number of rotatable bonds is 6. The van der Waals surface area contributed by atoms with Gasteiger partial charge in [0.15, 0.2) is 0 Å². The zero-order valence-electron chi connectivity index (χ0n) is 13.1. The van der Waals surface area contributed by atoms with Crippen molar-refractivity contribution in [1.82, 2.24) is 9.62 Å². The van der Waals surface area contributed by atoms with Crippen LogP contribution in [0, 0.1) is 5.41 Å². The van der Waals surface area contributed by atoms with Gasteiger partial charge in [-0.2, -0.15) is 4.31 Å². The first-order valence-corrected chi connectivity index (χ1v) is 9.51. The molecule has 5 nitrogen and oxygen atoms in total. The van der Waals surface area contributed by atoms with Crippen molar-refractivity contribution in [2.45, 2.75) is 25.3 Å². The molecule has 0 aromatic heterocycles. The second-order valence-corrected chi connectivity index (χ2v) is 8.56. The Labute approximate surface area is 137 Å². The van der Waals surface area contributed by atoms with E-state index < -0.39 is 10.0 Å². The monoisotopic (exact) mass is 334 g/mol. The van der Waals surface area contributed by atoms with Gasteiger partial charge in [-0.1, -0.05) is 36.9 Å². The minimum atomic E-state index is -3.31. The van der Waals surface area contributed by atoms with Gasteiger partial charge in [-0.05, 0) is 30.9 Å². The van der Waals surface area contributed by atoms with Crippen molar-refractivity contribution in [1.29, 1.82) is 0 Å². The van der Waals surface area contributed by atoms with Crippen LogP contribution in [0.4, 0.5) is 0 Å². The lowest BCUT2D eigenvalue weighted by atomic mass is 10.0. The van der Waals surface area contributed by atoms with Crippen LogP contribution in [-0.2, 0) is 21.2 Å². The largest absolute Gasteiger partial charge is 0.348 e. The third-order valence-electron chi connectivity index (χ3n) is 4.90. The number of amides is 1. The summed E-state index contributed by atoms with van der Waals surface area (Å²) >= 11 is 0. The maximum absolute atomic E-state index is 12.6. The first-order valence-electron chi connectivity index (χ1n) is 7.90. The van der Waals surface area contributed by atoms with E-state index in [4.69, 9.17) is 0 Å². The van der Waals surface area contributed by atoms with Crippen LogP contribution in [0.5, 0.6) is 0 Å². The van der Waals surface area contributed by atoms with Crippen LogP contribution in [-0.4, -0.2) is 43.5 Å². The van der Waals surface area contributed by atoms with Crippen LogP contribution in [0.3, 0.4) is 0 Å². The number of carbonyl (C=O) groups is 1. The number of carbonyl (C=O) groups excluding carboxylic acids is 1. The van der Waals surface area contributed by atoms with Crippen LogP contribution >= 0.6 is 0 Å². The zero-order valence-corrected chi connectivity index (χ0v) is 13.9. The summed E-state index contributed by atoms with van der Waals surface area (Å²) in [5, 5.41) is 2.89. The van der Waals surface area contributed by atoms with Crippen molar-refractivity contribution in [2.75, 3.05) is 18.8 Å². The van der Waals surface area contributed by atoms with E-state index in [-0.39, 0.29) is 23.1 Å². The van der Waals surface area contributed by atoms with E-state index in [1.54, 1.807) is 4.31 Å². The van der Waals surface area contributed by atoms with Crippen LogP contribution in [0.25, 0.3) is 0 Å². The highest BCUT2D eigenvalue weighted by Crippen LogP contribution is 2.53. The molecule has 23 heavy (non-hydrogen) atoms. The molecule has 1 N–H and O–H groups in total. The molecule has 3 rings (SSSR count). The van der Waals surface area contributed by atoms with E-state index >= 15 is 0 Å². The van der Waals surface area contributed by atoms with Crippen LogP contribution < -0.4 is 5.32 Å². The summed E-state index contributed by atoms with van der Waals surface area (Å²) in [6.45, 7) is 4.35. The molecular formula is C17H22N2O3S.